The predicted octanol–water partition coefficient (Wildman–Crippen LogP) is 3.05. The summed E-state index contributed by atoms with van der Waals surface area (Å²) in [5.74, 6) is 1.61. The zero-order valence-electron chi connectivity index (χ0n) is 11.9. The van der Waals surface area contributed by atoms with Crippen molar-refractivity contribution in [1.29, 1.82) is 5.26 Å². The molecule has 0 radical (unpaired) electrons. The van der Waals surface area contributed by atoms with Crippen molar-refractivity contribution < 1.29 is 9.47 Å². The highest BCUT2D eigenvalue weighted by Crippen LogP contribution is 2.29. The summed E-state index contributed by atoms with van der Waals surface area (Å²) in [6, 6.07) is 8.19. The number of nitrogens with one attached hydrogen (secondary N) is 1. The fourth-order valence-corrected chi connectivity index (χ4v) is 1.87. The van der Waals surface area contributed by atoms with Crippen LogP contribution in [-0.2, 0) is 0 Å². The summed E-state index contributed by atoms with van der Waals surface area (Å²) in [5, 5.41) is 11.9. The van der Waals surface area contributed by atoms with Gasteiger partial charge >= 0.3 is 0 Å². The molecule has 104 valence electrons. The maximum atomic E-state index is 8.52. The molecule has 0 aliphatic rings. The Morgan fingerprint density at radius 3 is 2.84 bits per heavy atom. The van der Waals surface area contributed by atoms with Crippen LogP contribution in [0.15, 0.2) is 18.2 Å². The Kier molecular flexibility index (Phi) is 6.76. The van der Waals surface area contributed by atoms with Crippen molar-refractivity contribution in [2.45, 2.75) is 32.7 Å². The Balaban J connectivity index is 2.80. The topological polar surface area (TPSA) is 54.3 Å². The Bertz CT molecular complexity index is 427. The summed E-state index contributed by atoms with van der Waals surface area (Å²) in [6.45, 7) is 5.63. The monoisotopic (exact) mass is 262 g/mol. The first-order valence-electron chi connectivity index (χ1n) is 6.64. The number of nitriles is 1. The largest absolute Gasteiger partial charge is 0.497 e. The third kappa shape index (κ3) is 4.80. The van der Waals surface area contributed by atoms with E-state index in [1.165, 1.54) is 0 Å². The fraction of sp³-hybridized carbons (Fsp3) is 0.533. The molecule has 0 saturated heterocycles. The van der Waals surface area contributed by atoms with Gasteiger partial charge in [-0.15, -0.1) is 0 Å². The van der Waals surface area contributed by atoms with E-state index < -0.39 is 0 Å². The molecule has 1 aromatic carbocycles. The molecule has 0 amide bonds. The van der Waals surface area contributed by atoms with Crippen molar-refractivity contribution in [3.05, 3.63) is 23.8 Å². The first-order valence-corrected chi connectivity index (χ1v) is 6.64. The lowest BCUT2D eigenvalue weighted by Gasteiger charge is -2.18. The smallest absolute Gasteiger partial charge is 0.127 e. The van der Waals surface area contributed by atoms with Crippen LogP contribution in [0.1, 0.15) is 38.3 Å². The summed E-state index contributed by atoms with van der Waals surface area (Å²) in [5.41, 5.74) is 1.11. The highest BCUT2D eigenvalue weighted by atomic mass is 16.5. The van der Waals surface area contributed by atoms with Crippen molar-refractivity contribution in [3.8, 4) is 17.6 Å². The number of hydrogen-bond acceptors (Lipinski definition) is 4. The number of benzene rings is 1. The Morgan fingerprint density at radius 2 is 2.21 bits per heavy atom. The molecule has 0 spiro atoms. The molecule has 0 saturated carbocycles. The van der Waals surface area contributed by atoms with Crippen LogP contribution in [0.4, 0.5) is 0 Å². The molecule has 0 aliphatic heterocycles. The highest BCUT2D eigenvalue weighted by molar-refractivity contribution is 5.42. The van der Waals surface area contributed by atoms with E-state index in [1.807, 2.05) is 18.2 Å². The lowest BCUT2D eigenvalue weighted by Crippen LogP contribution is -2.18. The molecule has 0 aromatic heterocycles. The molecule has 1 rings (SSSR count). The Hall–Kier alpha value is -1.73. The third-order valence-corrected chi connectivity index (χ3v) is 2.89. The lowest BCUT2D eigenvalue weighted by molar-refractivity contribution is 0.304. The van der Waals surface area contributed by atoms with Crippen LogP contribution in [-0.4, -0.2) is 20.3 Å². The molecule has 4 nitrogen and oxygen atoms in total. The minimum Gasteiger partial charge on any atom is -0.497 e. The molecular formula is C15H22N2O2. The van der Waals surface area contributed by atoms with E-state index in [-0.39, 0.29) is 6.04 Å². The third-order valence-electron chi connectivity index (χ3n) is 2.89. The van der Waals surface area contributed by atoms with Gasteiger partial charge in [-0.25, -0.2) is 0 Å². The molecule has 1 unspecified atom stereocenters. The second-order valence-corrected chi connectivity index (χ2v) is 4.29. The van der Waals surface area contributed by atoms with E-state index in [9.17, 15) is 0 Å². The van der Waals surface area contributed by atoms with Gasteiger partial charge in [-0.2, -0.15) is 5.26 Å². The number of hydrogen-bond donors (Lipinski definition) is 1. The van der Waals surface area contributed by atoms with E-state index in [0.717, 1.165) is 30.0 Å². The zero-order chi connectivity index (χ0) is 14.1. The van der Waals surface area contributed by atoms with Gasteiger partial charge in [0.25, 0.3) is 0 Å². The summed E-state index contributed by atoms with van der Waals surface area (Å²) in [7, 11) is 1.64. The van der Waals surface area contributed by atoms with Crippen LogP contribution in [0.2, 0.25) is 0 Å². The molecule has 0 heterocycles. The van der Waals surface area contributed by atoms with Gasteiger partial charge in [0.05, 0.1) is 19.8 Å². The van der Waals surface area contributed by atoms with Crippen molar-refractivity contribution in [2.75, 3.05) is 20.3 Å². The van der Waals surface area contributed by atoms with Crippen molar-refractivity contribution in [1.82, 2.24) is 5.32 Å². The standard InChI is InChI=1S/C15H22N2O2/c1-4-17-12(2)14-8-7-13(18-3)11-15(14)19-10-6-5-9-16/h7-8,11-12,17H,4-6,10H2,1-3H3. The number of methoxy groups -OCH3 is 1. The van der Waals surface area contributed by atoms with Gasteiger partial charge in [0.2, 0.25) is 0 Å². The molecular weight excluding hydrogens is 240 g/mol. The molecule has 19 heavy (non-hydrogen) atoms. The molecule has 0 bridgehead atoms. The highest BCUT2D eigenvalue weighted by Gasteiger charge is 2.12. The predicted molar refractivity (Wildman–Crippen MR) is 75.4 cm³/mol. The Labute approximate surface area is 115 Å². The van der Waals surface area contributed by atoms with Crippen molar-refractivity contribution in [3.63, 3.8) is 0 Å². The van der Waals surface area contributed by atoms with Gasteiger partial charge in [-0.3, -0.25) is 0 Å². The van der Waals surface area contributed by atoms with Gasteiger partial charge in [0, 0.05) is 24.1 Å². The number of ether oxygens (including phenoxy) is 2. The first kappa shape index (κ1) is 15.3. The number of unbranched alkanes of at least 4 members (excludes halogenated alkanes) is 1. The van der Waals surface area contributed by atoms with Gasteiger partial charge in [0.15, 0.2) is 0 Å². The molecule has 1 aromatic rings. The average Bonchev–Trinajstić information content (AvgIpc) is 2.43. The summed E-state index contributed by atoms with van der Waals surface area (Å²) in [4.78, 5) is 0. The van der Waals surface area contributed by atoms with Crippen LogP contribution in [0.3, 0.4) is 0 Å². The normalized spacial score (nSPS) is 11.7. The van der Waals surface area contributed by atoms with E-state index in [4.69, 9.17) is 14.7 Å². The van der Waals surface area contributed by atoms with E-state index in [0.29, 0.717) is 13.0 Å². The second kappa shape index (κ2) is 8.39. The maximum absolute atomic E-state index is 8.52. The summed E-state index contributed by atoms with van der Waals surface area (Å²) in [6.07, 6.45) is 1.25. The van der Waals surface area contributed by atoms with Gasteiger partial charge in [-0.05, 0) is 26.0 Å². The van der Waals surface area contributed by atoms with Crippen LogP contribution in [0.25, 0.3) is 0 Å². The van der Waals surface area contributed by atoms with Crippen molar-refractivity contribution in [2.24, 2.45) is 0 Å². The maximum Gasteiger partial charge on any atom is 0.127 e. The fourth-order valence-electron chi connectivity index (χ4n) is 1.87. The molecule has 4 heteroatoms. The van der Waals surface area contributed by atoms with Crippen LogP contribution < -0.4 is 14.8 Å². The zero-order valence-corrected chi connectivity index (χ0v) is 11.9. The minimum atomic E-state index is 0.224. The van der Waals surface area contributed by atoms with E-state index in [1.54, 1.807) is 7.11 Å². The van der Waals surface area contributed by atoms with Gasteiger partial charge < -0.3 is 14.8 Å². The second-order valence-electron chi connectivity index (χ2n) is 4.29. The van der Waals surface area contributed by atoms with Crippen LogP contribution in [0.5, 0.6) is 11.5 Å². The number of nitrogens with zero attached hydrogens (tertiary/aromatic N) is 1. The quantitative estimate of drug-likeness (QED) is 0.732. The average molecular weight is 262 g/mol. The first-order chi connectivity index (χ1) is 9.22. The van der Waals surface area contributed by atoms with Crippen LogP contribution in [0, 0.1) is 11.3 Å². The van der Waals surface area contributed by atoms with E-state index >= 15 is 0 Å². The van der Waals surface area contributed by atoms with Gasteiger partial charge in [-0.1, -0.05) is 13.0 Å². The lowest BCUT2D eigenvalue weighted by atomic mass is 10.1. The summed E-state index contributed by atoms with van der Waals surface area (Å²) >= 11 is 0. The van der Waals surface area contributed by atoms with Crippen LogP contribution >= 0.6 is 0 Å². The molecule has 1 atom stereocenters. The van der Waals surface area contributed by atoms with Gasteiger partial charge in [0.1, 0.15) is 11.5 Å². The Morgan fingerprint density at radius 1 is 1.42 bits per heavy atom. The van der Waals surface area contributed by atoms with Crippen molar-refractivity contribution >= 4 is 0 Å². The SMILES string of the molecule is CCNC(C)c1ccc(OC)cc1OCCCC#N. The molecule has 0 aliphatic carbocycles. The minimum absolute atomic E-state index is 0.224. The van der Waals surface area contributed by atoms with E-state index in [2.05, 4.69) is 25.2 Å². The number of rotatable bonds is 8. The molecule has 0 fully saturated rings. The summed E-state index contributed by atoms with van der Waals surface area (Å²) < 4.78 is 11.0. The molecule has 1 N–H and O–H groups in total.